The van der Waals surface area contributed by atoms with E-state index in [9.17, 15) is 27.8 Å². The molecule has 0 aliphatic carbocycles. The molecule has 0 spiro atoms. The van der Waals surface area contributed by atoms with Gasteiger partial charge in [0.15, 0.2) is 11.6 Å². The van der Waals surface area contributed by atoms with Crippen LogP contribution in [-0.2, 0) is 21.2 Å². The van der Waals surface area contributed by atoms with Crippen LogP contribution in [0.1, 0.15) is 12.5 Å². The van der Waals surface area contributed by atoms with Crippen LogP contribution in [0.3, 0.4) is 0 Å². The largest absolute Gasteiger partial charge is 0.508 e. The summed E-state index contributed by atoms with van der Waals surface area (Å²) < 4.78 is 46.1. The molecular formula is C18H18FNO6S. The van der Waals surface area contributed by atoms with Crippen LogP contribution in [0.5, 0.6) is 11.5 Å². The molecule has 144 valence electrons. The second-order valence-corrected chi connectivity index (χ2v) is 8.11. The molecule has 1 aliphatic rings. The maximum atomic E-state index is 13.7. The van der Waals surface area contributed by atoms with Gasteiger partial charge in [0.1, 0.15) is 5.75 Å². The predicted octanol–water partition coefficient (Wildman–Crippen LogP) is 2.38. The quantitative estimate of drug-likeness (QED) is 0.824. The fourth-order valence-electron chi connectivity index (χ4n) is 3.28. The van der Waals surface area contributed by atoms with Gasteiger partial charge < -0.3 is 14.9 Å². The number of hydrogen-bond acceptors (Lipinski definition) is 5. The van der Waals surface area contributed by atoms with E-state index in [0.29, 0.717) is 5.56 Å². The van der Waals surface area contributed by atoms with E-state index >= 15 is 0 Å². The van der Waals surface area contributed by atoms with E-state index in [1.54, 1.807) is 0 Å². The Labute approximate surface area is 155 Å². The fraction of sp³-hybridized carbons (Fsp3) is 0.278. The third-order valence-electron chi connectivity index (χ3n) is 4.69. The maximum Gasteiger partial charge on any atom is 0.308 e. The van der Waals surface area contributed by atoms with E-state index in [1.807, 2.05) is 0 Å². The summed E-state index contributed by atoms with van der Waals surface area (Å²) in [6.45, 7) is 1.49. The molecule has 9 heteroatoms. The van der Waals surface area contributed by atoms with Crippen molar-refractivity contribution in [3.63, 3.8) is 0 Å². The number of phenols is 1. The lowest BCUT2D eigenvalue weighted by molar-refractivity contribution is -0.142. The Kier molecular flexibility index (Phi) is 4.73. The summed E-state index contributed by atoms with van der Waals surface area (Å²) in [5.41, 5.74) is 0.680. The van der Waals surface area contributed by atoms with Gasteiger partial charge in [0, 0.05) is 12.1 Å². The first-order chi connectivity index (χ1) is 12.7. The number of carbonyl (C=O) groups is 1. The van der Waals surface area contributed by atoms with Crippen LogP contribution in [0.4, 0.5) is 10.1 Å². The summed E-state index contributed by atoms with van der Waals surface area (Å²) in [7, 11) is -3.03. The molecule has 2 aromatic rings. The average molecular weight is 395 g/mol. The third-order valence-corrected chi connectivity index (χ3v) is 6.59. The van der Waals surface area contributed by atoms with Crippen molar-refractivity contribution in [1.29, 1.82) is 0 Å². The zero-order chi connectivity index (χ0) is 19.9. The number of halogens is 1. The van der Waals surface area contributed by atoms with Gasteiger partial charge in [-0.05, 0) is 37.1 Å². The molecule has 2 unspecified atom stereocenters. The second-order valence-electron chi connectivity index (χ2n) is 6.30. The van der Waals surface area contributed by atoms with Crippen LogP contribution in [-0.4, -0.2) is 37.8 Å². The fourth-order valence-corrected chi connectivity index (χ4v) is 5.01. The Morgan fingerprint density at radius 1 is 1.26 bits per heavy atom. The lowest BCUT2D eigenvalue weighted by Gasteiger charge is -2.39. The molecule has 1 heterocycles. The number of ether oxygens (including phenoxy) is 1. The minimum Gasteiger partial charge on any atom is -0.508 e. The lowest BCUT2D eigenvalue weighted by atomic mass is 9.88. The summed E-state index contributed by atoms with van der Waals surface area (Å²) in [6.07, 6.45) is 0.130. The predicted molar refractivity (Wildman–Crippen MR) is 95.0 cm³/mol. The maximum absolute atomic E-state index is 13.7. The van der Waals surface area contributed by atoms with Crippen LogP contribution < -0.4 is 9.04 Å². The highest BCUT2D eigenvalue weighted by Crippen LogP contribution is 2.40. The molecule has 0 fully saturated rings. The highest BCUT2D eigenvalue weighted by atomic mass is 32.2. The minimum absolute atomic E-state index is 0.130. The Hall–Kier alpha value is -2.81. The monoisotopic (exact) mass is 395 g/mol. The number of nitrogens with zero attached hydrogens (tertiary/aromatic N) is 1. The number of sulfonamides is 1. The van der Waals surface area contributed by atoms with Gasteiger partial charge in [-0.25, -0.2) is 12.8 Å². The first kappa shape index (κ1) is 19.0. The van der Waals surface area contributed by atoms with Crippen molar-refractivity contribution >= 4 is 21.7 Å². The van der Waals surface area contributed by atoms with Crippen LogP contribution in [0.25, 0.3) is 0 Å². The smallest absolute Gasteiger partial charge is 0.308 e. The van der Waals surface area contributed by atoms with E-state index < -0.39 is 33.8 Å². The van der Waals surface area contributed by atoms with Crippen molar-refractivity contribution in [2.45, 2.75) is 24.3 Å². The zero-order valence-corrected chi connectivity index (χ0v) is 15.4. The molecule has 0 bridgehead atoms. The molecule has 2 N–H and O–H groups in total. The number of phenolic OH excluding ortho intramolecular Hbond substituents is 1. The number of benzene rings is 2. The lowest BCUT2D eigenvalue weighted by Crippen LogP contribution is -2.49. The van der Waals surface area contributed by atoms with Crippen molar-refractivity contribution in [1.82, 2.24) is 0 Å². The molecule has 0 saturated carbocycles. The molecule has 3 rings (SSSR count). The van der Waals surface area contributed by atoms with Crippen molar-refractivity contribution in [2.24, 2.45) is 5.92 Å². The molecule has 0 amide bonds. The Morgan fingerprint density at radius 3 is 2.59 bits per heavy atom. The molecule has 0 aromatic heterocycles. The van der Waals surface area contributed by atoms with Gasteiger partial charge in [-0.2, -0.15) is 0 Å². The Morgan fingerprint density at radius 2 is 1.96 bits per heavy atom. The number of carboxylic acid groups (broad SMARTS) is 1. The number of hydrogen-bond donors (Lipinski definition) is 2. The van der Waals surface area contributed by atoms with Crippen molar-refractivity contribution in [2.75, 3.05) is 11.4 Å². The Bertz CT molecular complexity index is 1010. The molecule has 2 aromatic carbocycles. The SMILES string of the molecule is COc1cc(S(=O)(=O)N2c3cc(O)ccc3CC(C(=O)O)C2C)ccc1F. The minimum atomic E-state index is -4.24. The summed E-state index contributed by atoms with van der Waals surface area (Å²) in [5.74, 6) is -3.21. The number of fused-ring (bicyclic) bond motifs is 1. The van der Waals surface area contributed by atoms with E-state index in [4.69, 9.17) is 4.74 Å². The van der Waals surface area contributed by atoms with Crippen LogP contribution in [0.15, 0.2) is 41.3 Å². The highest BCUT2D eigenvalue weighted by Gasteiger charge is 2.42. The summed E-state index contributed by atoms with van der Waals surface area (Å²) in [5, 5.41) is 19.3. The number of methoxy groups -OCH3 is 1. The summed E-state index contributed by atoms with van der Waals surface area (Å²) >= 11 is 0. The van der Waals surface area contributed by atoms with Crippen LogP contribution >= 0.6 is 0 Å². The van der Waals surface area contributed by atoms with Gasteiger partial charge in [0.25, 0.3) is 10.0 Å². The highest BCUT2D eigenvalue weighted by molar-refractivity contribution is 7.92. The van der Waals surface area contributed by atoms with E-state index in [0.717, 1.165) is 22.5 Å². The van der Waals surface area contributed by atoms with Crippen molar-refractivity contribution < 1.29 is 32.6 Å². The number of aromatic hydroxyl groups is 1. The standard InChI is InChI=1S/C18H18FNO6S/c1-10-14(18(22)23)7-11-3-4-12(21)8-16(11)20(10)27(24,25)13-5-6-15(19)17(9-13)26-2/h3-6,8-10,14,21H,7H2,1-2H3,(H,22,23). The average Bonchev–Trinajstić information content (AvgIpc) is 2.60. The molecule has 7 nitrogen and oxygen atoms in total. The number of rotatable bonds is 4. The molecule has 1 aliphatic heterocycles. The molecular weight excluding hydrogens is 377 g/mol. The summed E-state index contributed by atoms with van der Waals surface area (Å²) in [4.78, 5) is 11.4. The third kappa shape index (κ3) is 3.18. The van der Waals surface area contributed by atoms with Gasteiger partial charge in [-0.3, -0.25) is 9.10 Å². The second kappa shape index (κ2) is 6.73. The van der Waals surface area contributed by atoms with E-state index in [1.165, 1.54) is 32.2 Å². The van der Waals surface area contributed by atoms with Gasteiger partial charge in [-0.1, -0.05) is 6.07 Å². The van der Waals surface area contributed by atoms with Gasteiger partial charge in [0.05, 0.1) is 29.7 Å². The zero-order valence-electron chi connectivity index (χ0n) is 14.6. The first-order valence-corrected chi connectivity index (χ1v) is 9.53. The topological polar surface area (TPSA) is 104 Å². The number of aliphatic carboxylic acids is 1. The first-order valence-electron chi connectivity index (χ1n) is 8.09. The number of carboxylic acids is 1. The normalized spacial score (nSPS) is 19.4. The molecule has 2 atom stereocenters. The van der Waals surface area contributed by atoms with Gasteiger partial charge in [-0.15, -0.1) is 0 Å². The Balaban J connectivity index is 2.21. The van der Waals surface area contributed by atoms with Crippen molar-refractivity contribution in [3.05, 3.63) is 47.8 Å². The summed E-state index contributed by atoms with van der Waals surface area (Å²) in [6, 6.07) is 6.34. The van der Waals surface area contributed by atoms with Crippen molar-refractivity contribution in [3.8, 4) is 11.5 Å². The molecule has 0 saturated heterocycles. The molecule has 0 radical (unpaired) electrons. The van der Waals surface area contributed by atoms with Crippen LogP contribution in [0.2, 0.25) is 0 Å². The van der Waals surface area contributed by atoms with E-state index in [-0.39, 0.29) is 28.5 Å². The van der Waals surface area contributed by atoms with Crippen LogP contribution in [0, 0.1) is 11.7 Å². The number of anilines is 1. The van der Waals surface area contributed by atoms with Gasteiger partial charge >= 0.3 is 5.97 Å². The van der Waals surface area contributed by atoms with E-state index in [2.05, 4.69) is 0 Å². The van der Waals surface area contributed by atoms with Gasteiger partial charge in [0.2, 0.25) is 0 Å². The molecule has 27 heavy (non-hydrogen) atoms.